The lowest BCUT2D eigenvalue weighted by molar-refractivity contribution is -0.192. The van der Waals surface area contributed by atoms with E-state index in [1.807, 2.05) is 24.3 Å². The molecule has 30 heavy (non-hydrogen) atoms. The lowest BCUT2D eigenvalue weighted by Gasteiger charge is -2.36. The number of carboxylic acid groups (broad SMARTS) is 1. The van der Waals surface area contributed by atoms with Gasteiger partial charge in [-0.2, -0.15) is 13.2 Å². The van der Waals surface area contributed by atoms with E-state index in [-0.39, 0.29) is 0 Å². The fourth-order valence-electron chi connectivity index (χ4n) is 2.88. The molecule has 1 heterocycles. The minimum atomic E-state index is -5.08. The van der Waals surface area contributed by atoms with Gasteiger partial charge in [-0.15, -0.1) is 0 Å². The average Bonchev–Trinajstić information content (AvgIpc) is 2.71. The van der Waals surface area contributed by atoms with Gasteiger partial charge in [0.15, 0.2) is 0 Å². The Morgan fingerprint density at radius 3 is 2.17 bits per heavy atom. The van der Waals surface area contributed by atoms with Crippen molar-refractivity contribution in [2.45, 2.75) is 12.7 Å². The maximum Gasteiger partial charge on any atom is 0.490 e. The topological polar surface area (TPSA) is 73.2 Å². The van der Waals surface area contributed by atoms with Gasteiger partial charge in [0.25, 0.3) is 0 Å². The van der Waals surface area contributed by atoms with Gasteiger partial charge in [0.1, 0.15) is 11.5 Å². The number of methoxy groups -OCH3 is 1. The Morgan fingerprint density at radius 2 is 1.67 bits per heavy atom. The molecular weight excluding hydrogens is 469 g/mol. The normalized spacial score (nSPS) is 14.6. The van der Waals surface area contributed by atoms with Crippen molar-refractivity contribution in [3.63, 3.8) is 0 Å². The third-order valence-corrected chi connectivity index (χ3v) is 4.98. The van der Waals surface area contributed by atoms with Crippen LogP contribution in [-0.4, -0.2) is 60.5 Å². The number of aliphatic carboxylic acids is 1. The largest absolute Gasteiger partial charge is 0.508 e. The van der Waals surface area contributed by atoms with Crippen LogP contribution >= 0.6 is 15.9 Å². The summed E-state index contributed by atoms with van der Waals surface area (Å²) >= 11 is 3.46. The smallest absolute Gasteiger partial charge is 0.490 e. The van der Waals surface area contributed by atoms with E-state index < -0.39 is 12.1 Å². The molecule has 6 nitrogen and oxygen atoms in total. The highest BCUT2D eigenvalue weighted by Gasteiger charge is 2.38. The van der Waals surface area contributed by atoms with Crippen LogP contribution in [0.3, 0.4) is 0 Å². The number of carboxylic acids is 1. The summed E-state index contributed by atoms with van der Waals surface area (Å²) < 4.78 is 37.9. The Hall–Kier alpha value is -2.46. The van der Waals surface area contributed by atoms with E-state index in [4.69, 9.17) is 14.6 Å². The van der Waals surface area contributed by atoms with Crippen LogP contribution in [0.1, 0.15) is 5.56 Å². The molecule has 0 unspecified atom stereocenters. The van der Waals surface area contributed by atoms with E-state index >= 15 is 0 Å². The van der Waals surface area contributed by atoms with Gasteiger partial charge >= 0.3 is 12.1 Å². The molecule has 1 aliphatic heterocycles. The van der Waals surface area contributed by atoms with Gasteiger partial charge in [-0.05, 0) is 42.5 Å². The number of piperazine rings is 1. The molecule has 0 spiro atoms. The SMILES string of the molecule is COc1ccc(N2CCN(Cc3cc(Br)ccc3O)CC2)cc1.O=C(O)C(F)(F)F. The Balaban J connectivity index is 0.000000396. The Morgan fingerprint density at radius 1 is 1.10 bits per heavy atom. The van der Waals surface area contributed by atoms with Gasteiger partial charge < -0.3 is 19.8 Å². The summed E-state index contributed by atoms with van der Waals surface area (Å²) in [6.45, 7) is 4.72. The Kier molecular flexibility index (Phi) is 8.36. The number of benzene rings is 2. The van der Waals surface area contributed by atoms with E-state index in [1.165, 1.54) is 5.69 Å². The molecule has 1 saturated heterocycles. The number of phenols is 1. The van der Waals surface area contributed by atoms with Crippen LogP contribution in [0.4, 0.5) is 18.9 Å². The highest BCUT2D eigenvalue weighted by Crippen LogP contribution is 2.25. The van der Waals surface area contributed by atoms with Crippen molar-refractivity contribution in [2.75, 3.05) is 38.2 Å². The van der Waals surface area contributed by atoms with Crippen LogP contribution in [0.2, 0.25) is 0 Å². The van der Waals surface area contributed by atoms with Crippen LogP contribution < -0.4 is 9.64 Å². The second-order valence-corrected chi connectivity index (χ2v) is 7.45. The molecule has 164 valence electrons. The minimum absolute atomic E-state index is 0.366. The second-order valence-electron chi connectivity index (χ2n) is 6.54. The first kappa shape index (κ1) is 23.8. The summed E-state index contributed by atoms with van der Waals surface area (Å²) in [7, 11) is 1.69. The zero-order chi connectivity index (χ0) is 22.3. The lowest BCUT2D eigenvalue weighted by Crippen LogP contribution is -2.45. The highest BCUT2D eigenvalue weighted by molar-refractivity contribution is 9.10. The zero-order valence-corrected chi connectivity index (χ0v) is 17.8. The Labute approximate surface area is 180 Å². The molecule has 0 bridgehead atoms. The van der Waals surface area contributed by atoms with Crippen LogP contribution in [0.15, 0.2) is 46.9 Å². The first-order valence-electron chi connectivity index (χ1n) is 8.99. The number of rotatable bonds is 4. The van der Waals surface area contributed by atoms with E-state index in [1.54, 1.807) is 13.2 Å². The quantitative estimate of drug-likeness (QED) is 0.671. The third kappa shape index (κ3) is 7.10. The van der Waals surface area contributed by atoms with Gasteiger partial charge in [-0.3, -0.25) is 4.90 Å². The average molecular weight is 491 g/mol. The molecule has 0 saturated carbocycles. The molecule has 1 fully saturated rings. The number of alkyl halides is 3. The molecular formula is C20H22BrF3N2O4. The summed E-state index contributed by atoms with van der Waals surface area (Å²) in [6, 6.07) is 13.8. The zero-order valence-electron chi connectivity index (χ0n) is 16.2. The molecule has 0 atom stereocenters. The van der Waals surface area contributed by atoms with Crippen LogP contribution in [0, 0.1) is 0 Å². The number of anilines is 1. The van der Waals surface area contributed by atoms with Gasteiger partial charge in [0.05, 0.1) is 7.11 Å². The molecule has 10 heteroatoms. The molecule has 0 radical (unpaired) electrons. The van der Waals surface area contributed by atoms with Crippen molar-refractivity contribution in [3.8, 4) is 11.5 Å². The van der Waals surface area contributed by atoms with Crippen LogP contribution in [-0.2, 0) is 11.3 Å². The standard InChI is InChI=1S/C18H21BrN2O2.C2HF3O2/c1-23-17-5-3-16(4-6-17)21-10-8-20(9-11-21)13-14-12-15(19)2-7-18(14)22;3-2(4,5)1(6)7/h2-7,12,22H,8-11,13H2,1H3;(H,6,7). The van der Waals surface area contributed by atoms with Crippen molar-refractivity contribution in [1.82, 2.24) is 4.90 Å². The number of aromatic hydroxyl groups is 1. The fourth-order valence-corrected chi connectivity index (χ4v) is 3.29. The fraction of sp³-hybridized carbons (Fsp3) is 0.350. The number of nitrogens with zero attached hydrogens (tertiary/aromatic N) is 2. The van der Waals surface area contributed by atoms with Gasteiger partial charge in [0.2, 0.25) is 0 Å². The van der Waals surface area contributed by atoms with Gasteiger partial charge in [-0.25, -0.2) is 4.79 Å². The number of ether oxygens (including phenoxy) is 1. The predicted molar refractivity (Wildman–Crippen MR) is 110 cm³/mol. The summed E-state index contributed by atoms with van der Waals surface area (Å²) in [5, 5.41) is 17.1. The summed E-state index contributed by atoms with van der Waals surface area (Å²) in [5.41, 5.74) is 2.20. The Bertz CT molecular complexity index is 839. The molecule has 0 aliphatic carbocycles. The van der Waals surface area contributed by atoms with Crippen molar-refractivity contribution < 1.29 is 32.9 Å². The predicted octanol–water partition coefficient (Wildman–Crippen LogP) is 4.12. The maximum atomic E-state index is 10.6. The number of phenolic OH excluding ortho intramolecular Hbond substituents is 1. The first-order valence-corrected chi connectivity index (χ1v) is 9.78. The number of hydrogen-bond donors (Lipinski definition) is 2. The lowest BCUT2D eigenvalue weighted by atomic mass is 10.1. The monoisotopic (exact) mass is 490 g/mol. The summed E-state index contributed by atoms with van der Waals surface area (Å²) in [6.07, 6.45) is -5.08. The van der Waals surface area contributed by atoms with E-state index in [2.05, 4.69) is 37.9 Å². The third-order valence-electron chi connectivity index (χ3n) is 4.49. The van der Waals surface area contributed by atoms with E-state index in [9.17, 15) is 18.3 Å². The first-order chi connectivity index (χ1) is 14.1. The molecule has 0 amide bonds. The molecule has 3 rings (SSSR count). The number of carbonyl (C=O) groups is 1. The number of halogens is 4. The van der Waals surface area contributed by atoms with Crippen LogP contribution in [0.5, 0.6) is 11.5 Å². The van der Waals surface area contributed by atoms with Crippen molar-refractivity contribution in [1.29, 1.82) is 0 Å². The van der Waals surface area contributed by atoms with Crippen LogP contribution in [0.25, 0.3) is 0 Å². The van der Waals surface area contributed by atoms with Crippen molar-refractivity contribution >= 4 is 27.6 Å². The molecule has 1 aliphatic rings. The van der Waals surface area contributed by atoms with Gasteiger partial charge in [0, 0.05) is 48.4 Å². The molecule has 2 N–H and O–H groups in total. The maximum absolute atomic E-state index is 10.6. The van der Waals surface area contributed by atoms with Crippen molar-refractivity contribution in [3.05, 3.63) is 52.5 Å². The highest BCUT2D eigenvalue weighted by atomic mass is 79.9. The summed E-state index contributed by atoms with van der Waals surface area (Å²) in [4.78, 5) is 13.7. The second kappa shape index (κ2) is 10.5. The minimum Gasteiger partial charge on any atom is -0.508 e. The molecule has 2 aromatic carbocycles. The number of hydrogen-bond acceptors (Lipinski definition) is 5. The van der Waals surface area contributed by atoms with E-state index in [0.717, 1.165) is 48.5 Å². The molecule has 0 aromatic heterocycles. The summed E-state index contributed by atoms with van der Waals surface area (Å²) in [5.74, 6) is -1.50. The molecule has 2 aromatic rings. The van der Waals surface area contributed by atoms with Gasteiger partial charge in [-0.1, -0.05) is 15.9 Å². The van der Waals surface area contributed by atoms with Crippen molar-refractivity contribution in [2.24, 2.45) is 0 Å². The van der Waals surface area contributed by atoms with E-state index in [0.29, 0.717) is 5.75 Å².